The van der Waals surface area contributed by atoms with Crippen LogP contribution in [0.4, 0.5) is 14.5 Å². The highest BCUT2D eigenvalue weighted by atomic mass is 35.5. The predicted octanol–water partition coefficient (Wildman–Crippen LogP) is 2.90. The summed E-state index contributed by atoms with van der Waals surface area (Å²) in [6, 6.07) is 3.08. The van der Waals surface area contributed by atoms with Crippen LogP contribution in [0, 0.1) is 11.6 Å². The summed E-state index contributed by atoms with van der Waals surface area (Å²) in [5.74, 6) is -1.36. The van der Waals surface area contributed by atoms with Crippen molar-refractivity contribution in [2.24, 2.45) is 0 Å². The van der Waals surface area contributed by atoms with Gasteiger partial charge in [0.05, 0.1) is 5.69 Å². The molecule has 0 unspecified atom stereocenters. The first-order chi connectivity index (χ1) is 5.59. The molecule has 0 atom stereocenters. The van der Waals surface area contributed by atoms with Crippen LogP contribution in [0.1, 0.15) is 0 Å². The molecular weight excluding hydrogens is 204 g/mol. The van der Waals surface area contributed by atoms with Gasteiger partial charge in [0.25, 0.3) is 0 Å². The van der Waals surface area contributed by atoms with Crippen LogP contribution < -0.4 is 5.32 Å². The number of rotatable bonds is 1. The molecule has 0 bridgehead atoms. The molecule has 0 heterocycles. The van der Waals surface area contributed by atoms with Crippen molar-refractivity contribution in [2.45, 2.75) is 0 Å². The molecule has 0 aliphatic carbocycles. The van der Waals surface area contributed by atoms with Gasteiger partial charge in [-0.1, -0.05) is 11.6 Å². The van der Waals surface area contributed by atoms with Crippen LogP contribution in [0.15, 0.2) is 18.2 Å². The molecule has 1 rings (SSSR count). The number of anilines is 1. The third kappa shape index (κ3) is 2.39. The summed E-state index contributed by atoms with van der Waals surface area (Å²) < 4.78 is 25.1. The molecule has 1 nitrogen and oxygen atoms in total. The highest BCUT2D eigenvalue weighted by Crippen LogP contribution is 2.15. The largest absolute Gasteiger partial charge is 0.335 e. The summed E-state index contributed by atoms with van der Waals surface area (Å²) in [6.07, 6.45) is 0. The fraction of sp³-hybridized carbons (Fsp3) is 0. The Morgan fingerprint density at radius 1 is 1.42 bits per heavy atom. The Labute approximate surface area is 78.3 Å². The molecule has 1 aromatic rings. The van der Waals surface area contributed by atoms with E-state index in [2.05, 4.69) is 17.5 Å². The van der Waals surface area contributed by atoms with Crippen molar-refractivity contribution in [1.82, 2.24) is 0 Å². The summed E-state index contributed by atoms with van der Waals surface area (Å²) in [5, 5.41) is 2.36. The van der Waals surface area contributed by atoms with Crippen molar-refractivity contribution >= 4 is 34.0 Å². The van der Waals surface area contributed by atoms with E-state index < -0.39 is 11.6 Å². The van der Waals surface area contributed by atoms with Crippen LogP contribution >= 0.6 is 23.8 Å². The van der Waals surface area contributed by atoms with Crippen LogP contribution in [0.3, 0.4) is 0 Å². The van der Waals surface area contributed by atoms with E-state index in [1.165, 1.54) is 6.07 Å². The van der Waals surface area contributed by atoms with E-state index in [9.17, 15) is 8.78 Å². The lowest BCUT2D eigenvalue weighted by molar-refractivity contribution is 0.586. The first-order valence-electron chi connectivity index (χ1n) is 3.01. The second kappa shape index (κ2) is 3.78. The molecule has 64 valence electrons. The average molecular weight is 208 g/mol. The molecular formula is C7H4ClF2NS. The number of nitrogens with one attached hydrogen (secondary N) is 1. The topological polar surface area (TPSA) is 12.0 Å². The van der Waals surface area contributed by atoms with Gasteiger partial charge in [0.15, 0.2) is 4.45 Å². The Hall–Kier alpha value is -0.740. The van der Waals surface area contributed by atoms with E-state index in [4.69, 9.17) is 11.6 Å². The van der Waals surface area contributed by atoms with Crippen molar-refractivity contribution < 1.29 is 8.78 Å². The Balaban J connectivity index is 2.93. The SMILES string of the molecule is Fc1ccc(NC(=S)Cl)c(F)c1. The molecule has 1 aromatic carbocycles. The maximum atomic E-state index is 12.8. The number of hydrogen-bond acceptors (Lipinski definition) is 1. The Bertz CT molecular complexity index is 316. The summed E-state index contributed by atoms with van der Waals surface area (Å²) >= 11 is 9.75. The normalized spacial score (nSPS) is 9.58. The molecule has 0 aliphatic heterocycles. The summed E-state index contributed by atoms with van der Waals surface area (Å²) in [7, 11) is 0. The lowest BCUT2D eigenvalue weighted by Gasteiger charge is -2.02. The number of benzene rings is 1. The van der Waals surface area contributed by atoms with E-state index in [-0.39, 0.29) is 10.1 Å². The number of thiocarbonyl (C=S) groups is 1. The van der Waals surface area contributed by atoms with Gasteiger partial charge in [0, 0.05) is 6.07 Å². The third-order valence-corrected chi connectivity index (χ3v) is 1.36. The van der Waals surface area contributed by atoms with Gasteiger partial charge in [-0.05, 0) is 24.4 Å². The Morgan fingerprint density at radius 3 is 2.58 bits per heavy atom. The lowest BCUT2D eigenvalue weighted by Crippen LogP contribution is -2.02. The zero-order chi connectivity index (χ0) is 9.14. The van der Waals surface area contributed by atoms with E-state index in [1.54, 1.807) is 0 Å². The molecule has 0 aliphatic rings. The molecule has 0 spiro atoms. The zero-order valence-corrected chi connectivity index (χ0v) is 7.35. The van der Waals surface area contributed by atoms with Crippen LogP contribution in [0.2, 0.25) is 0 Å². The van der Waals surface area contributed by atoms with E-state index in [1.807, 2.05) is 0 Å². The molecule has 1 N–H and O–H groups in total. The van der Waals surface area contributed by atoms with Gasteiger partial charge >= 0.3 is 0 Å². The van der Waals surface area contributed by atoms with E-state index in [0.717, 1.165) is 12.1 Å². The van der Waals surface area contributed by atoms with Crippen LogP contribution in [-0.4, -0.2) is 4.45 Å². The minimum absolute atomic E-state index is 0.0661. The van der Waals surface area contributed by atoms with Crippen molar-refractivity contribution in [2.75, 3.05) is 5.32 Å². The summed E-state index contributed by atoms with van der Waals surface area (Å²) in [5.41, 5.74) is 0.0661. The fourth-order valence-electron chi connectivity index (χ4n) is 0.697. The lowest BCUT2D eigenvalue weighted by atomic mass is 10.3. The van der Waals surface area contributed by atoms with E-state index >= 15 is 0 Å². The van der Waals surface area contributed by atoms with Gasteiger partial charge in [-0.15, -0.1) is 0 Å². The van der Waals surface area contributed by atoms with Crippen LogP contribution in [0.5, 0.6) is 0 Å². The maximum absolute atomic E-state index is 12.8. The van der Waals surface area contributed by atoms with Crippen molar-refractivity contribution in [3.63, 3.8) is 0 Å². The van der Waals surface area contributed by atoms with Gasteiger partial charge in [0.1, 0.15) is 11.6 Å². The highest BCUT2D eigenvalue weighted by Gasteiger charge is 2.03. The average Bonchev–Trinajstić information content (AvgIpc) is 1.94. The number of hydrogen-bond donors (Lipinski definition) is 1. The maximum Gasteiger partial charge on any atom is 0.171 e. The molecule has 0 radical (unpaired) electrons. The first kappa shape index (κ1) is 9.35. The van der Waals surface area contributed by atoms with Crippen molar-refractivity contribution in [3.05, 3.63) is 29.8 Å². The summed E-state index contributed by atoms with van der Waals surface area (Å²) in [4.78, 5) is 0. The quantitative estimate of drug-likeness (QED) is 0.432. The molecule has 5 heteroatoms. The fourth-order valence-corrected chi connectivity index (χ4v) is 0.908. The van der Waals surface area contributed by atoms with Gasteiger partial charge in [-0.2, -0.15) is 0 Å². The Morgan fingerprint density at radius 2 is 2.08 bits per heavy atom. The van der Waals surface area contributed by atoms with Crippen LogP contribution in [0.25, 0.3) is 0 Å². The molecule has 12 heavy (non-hydrogen) atoms. The Kier molecular flexibility index (Phi) is 2.94. The van der Waals surface area contributed by atoms with Crippen LogP contribution in [-0.2, 0) is 0 Å². The molecule has 0 saturated carbocycles. The summed E-state index contributed by atoms with van der Waals surface area (Å²) in [6.45, 7) is 0. The minimum atomic E-state index is -0.724. The van der Waals surface area contributed by atoms with Crippen molar-refractivity contribution in [1.29, 1.82) is 0 Å². The second-order valence-electron chi connectivity index (χ2n) is 2.02. The van der Waals surface area contributed by atoms with E-state index in [0.29, 0.717) is 0 Å². The van der Waals surface area contributed by atoms with Gasteiger partial charge in [-0.25, -0.2) is 8.78 Å². The van der Waals surface area contributed by atoms with Gasteiger partial charge in [-0.3, -0.25) is 0 Å². The smallest absolute Gasteiger partial charge is 0.171 e. The zero-order valence-electron chi connectivity index (χ0n) is 5.77. The molecule has 0 fully saturated rings. The standard InChI is InChI=1S/C7H4ClF2NS/c8-7(12)11-6-2-1-4(9)3-5(6)10/h1-3H,(H,11,12). The first-order valence-corrected chi connectivity index (χ1v) is 3.80. The predicted molar refractivity (Wildman–Crippen MR) is 48.4 cm³/mol. The second-order valence-corrected chi connectivity index (χ2v) is 3.03. The van der Waals surface area contributed by atoms with Crippen molar-refractivity contribution in [3.8, 4) is 0 Å². The van der Waals surface area contributed by atoms with Gasteiger partial charge < -0.3 is 5.32 Å². The van der Waals surface area contributed by atoms with Gasteiger partial charge in [0.2, 0.25) is 0 Å². The molecule has 0 saturated heterocycles. The number of halogens is 3. The monoisotopic (exact) mass is 207 g/mol. The highest BCUT2D eigenvalue weighted by molar-refractivity contribution is 7.83. The molecule has 0 amide bonds. The third-order valence-electron chi connectivity index (χ3n) is 1.16. The molecule has 0 aromatic heterocycles. The minimum Gasteiger partial charge on any atom is -0.335 e.